The van der Waals surface area contributed by atoms with Crippen LogP contribution in [0.3, 0.4) is 0 Å². The average molecular weight is 340 g/mol. The predicted molar refractivity (Wildman–Crippen MR) is 96.2 cm³/mol. The first-order valence-electron chi connectivity index (χ1n) is 8.86. The van der Waals surface area contributed by atoms with Gasteiger partial charge in [-0.05, 0) is 52.2 Å². The average Bonchev–Trinajstić information content (AvgIpc) is 2.60. The van der Waals surface area contributed by atoms with Gasteiger partial charge in [-0.3, -0.25) is 4.79 Å². The highest BCUT2D eigenvalue weighted by Crippen LogP contribution is 2.24. The molecule has 3 rings (SSSR count). The maximum absolute atomic E-state index is 12.7. The predicted octanol–water partition coefficient (Wildman–Crippen LogP) is 3.57. The summed E-state index contributed by atoms with van der Waals surface area (Å²) in [6.07, 6.45) is 2.29. The van der Waals surface area contributed by atoms with E-state index >= 15 is 0 Å². The summed E-state index contributed by atoms with van der Waals surface area (Å²) in [5, 5.41) is 0.958. The van der Waals surface area contributed by atoms with Crippen molar-refractivity contribution < 1.29 is 14.3 Å². The van der Waals surface area contributed by atoms with Crippen LogP contribution in [0.1, 0.15) is 50.5 Å². The number of nitrogens with zero attached hydrogens (tertiary/aromatic N) is 2. The Hall–Kier alpha value is -2.43. The number of pyridine rings is 1. The van der Waals surface area contributed by atoms with Crippen molar-refractivity contribution in [3.8, 4) is 0 Å². The summed E-state index contributed by atoms with van der Waals surface area (Å²) in [4.78, 5) is 31.3. The molecule has 5 heteroatoms. The third-order valence-corrected chi connectivity index (χ3v) is 4.89. The fraction of sp³-hybridized carbons (Fsp3) is 0.450. The Morgan fingerprint density at radius 1 is 1.12 bits per heavy atom. The minimum Gasteiger partial charge on any atom is -0.448 e. The number of piperidine rings is 1. The zero-order valence-electron chi connectivity index (χ0n) is 14.9. The first-order chi connectivity index (χ1) is 12.0. The van der Waals surface area contributed by atoms with Crippen molar-refractivity contribution in [2.45, 2.75) is 58.2 Å². The standard InChI is InChI=1S/C20H24N2O3/c1-13-7-6-8-14(2)22(13)19(23)15(3)25-20(24)18-12-11-16-9-4-5-10-17(16)21-18/h4-5,9-15H,6-8H2,1-3H3/t13-,14-,15+/m0/s1. The highest BCUT2D eigenvalue weighted by Gasteiger charge is 2.33. The molecule has 1 amide bonds. The summed E-state index contributed by atoms with van der Waals surface area (Å²) in [6.45, 7) is 5.73. The van der Waals surface area contributed by atoms with Crippen LogP contribution >= 0.6 is 0 Å². The van der Waals surface area contributed by atoms with Gasteiger partial charge in [0, 0.05) is 17.5 Å². The molecule has 132 valence electrons. The van der Waals surface area contributed by atoms with Crippen LogP contribution < -0.4 is 0 Å². The lowest BCUT2D eigenvalue weighted by Crippen LogP contribution is -2.51. The van der Waals surface area contributed by atoms with Crippen LogP contribution in [-0.2, 0) is 9.53 Å². The van der Waals surface area contributed by atoms with Crippen LogP contribution in [0.2, 0.25) is 0 Å². The SMILES string of the molecule is C[C@@H](OC(=O)c1ccc2ccccc2n1)C(=O)N1[C@@H](C)CCC[C@@H]1C. The molecule has 25 heavy (non-hydrogen) atoms. The van der Waals surface area contributed by atoms with Crippen molar-refractivity contribution in [3.63, 3.8) is 0 Å². The molecule has 2 heterocycles. The number of para-hydroxylation sites is 1. The van der Waals surface area contributed by atoms with E-state index in [1.54, 1.807) is 13.0 Å². The van der Waals surface area contributed by atoms with Gasteiger partial charge in [0.1, 0.15) is 5.69 Å². The quantitative estimate of drug-likeness (QED) is 0.802. The van der Waals surface area contributed by atoms with Gasteiger partial charge in [-0.15, -0.1) is 0 Å². The molecule has 0 spiro atoms. The van der Waals surface area contributed by atoms with E-state index in [-0.39, 0.29) is 23.7 Å². The third kappa shape index (κ3) is 3.65. The Kier molecular flexibility index (Phi) is 5.02. The molecule has 1 aromatic heterocycles. The van der Waals surface area contributed by atoms with E-state index in [9.17, 15) is 9.59 Å². The third-order valence-electron chi connectivity index (χ3n) is 4.89. The zero-order valence-corrected chi connectivity index (χ0v) is 14.9. The summed E-state index contributed by atoms with van der Waals surface area (Å²) in [5.41, 5.74) is 0.951. The molecule has 1 aromatic carbocycles. The molecular weight excluding hydrogens is 316 g/mol. The number of hydrogen-bond donors (Lipinski definition) is 0. The van der Waals surface area contributed by atoms with Crippen LogP contribution in [0.15, 0.2) is 36.4 Å². The van der Waals surface area contributed by atoms with Gasteiger partial charge < -0.3 is 9.64 Å². The number of rotatable bonds is 3. The Morgan fingerprint density at radius 3 is 2.52 bits per heavy atom. The van der Waals surface area contributed by atoms with Crippen molar-refractivity contribution in [1.82, 2.24) is 9.88 Å². The van der Waals surface area contributed by atoms with E-state index in [1.165, 1.54) is 0 Å². The fourth-order valence-corrected chi connectivity index (χ4v) is 3.52. The summed E-state index contributed by atoms with van der Waals surface area (Å²) in [6, 6.07) is 11.4. The summed E-state index contributed by atoms with van der Waals surface area (Å²) in [7, 11) is 0. The molecule has 1 fully saturated rings. The maximum Gasteiger partial charge on any atom is 0.357 e. The normalized spacial score (nSPS) is 21.8. The van der Waals surface area contributed by atoms with Crippen molar-refractivity contribution in [1.29, 1.82) is 0 Å². The van der Waals surface area contributed by atoms with Gasteiger partial charge in [-0.2, -0.15) is 0 Å². The van der Waals surface area contributed by atoms with Gasteiger partial charge in [-0.1, -0.05) is 24.3 Å². The van der Waals surface area contributed by atoms with Crippen LogP contribution in [0.5, 0.6) is 0 Å². The smallest absolute Gasteiger partial charge is 0.357 e. The van der Waals surface area contributed by atoms with Crippen LogP contribution in [0, 0.1) is 0 Å². The lowest BCUT2D eigenvalue weighted by atomic mass is 9.97. The molecule has 1 aliphatic heterocycles. The second-order valence-corrected chi connectivity index (χ2v) is 6.81. The van der Waals surface area contributed by atoms with Crippen molar-refractivity contribution in [2.24, 2.45) is 0 Å². The van der Waals surface area contributed by atoms with Crippen molar-refractivity contribution in [2.75, 3.05) is 0 Å². The number of carbonyl (C=O) groups is 2. The van der Waals surface area contributed by atoms with E-state index in [1.807, 2.05) is 49.1 Å². The topological polar surface area (TPSA) is 59.5 Å². The molecular formula is C20H24N2O3. The number of amides is 1. The van der Waals surface area contributed by atoms with E-state index in [2.05, 4.69) is 4.98 Å². The first kappa shape index (κ1) is 17.4. The van der Waals surface area contributed by atoms with Gasteiger partial charge in [-0.25, -0.2) is 9.78 Å². The lowest BCUT2D eigenvalue weighted by molar-refractivity contribution is -0.146. The summed E-state index contributed by atoms with van der Waals surface area (Å²) >= 11 is 0. The fourth-order valence-electron chi connectivity index (χ4n) is 3.52. The second-order valence-electron chi connectivity index (χ2n) is 6.81. The molecule has 2 aromatic rings. The number of aromatic nitrogens is 1. The molecule has 0 unspecified atom stereocenters. The minimum absolute atomic E-state index is 0.131. The number of benzene rings is 1. The number of ether oxygens (including phenoxy) is 1. The molecule has 0 aliphatic carbocycles. The van der Waals surface area contributed by atoms with E-state index < -0.39 is 12.1 Å². The maximum atomic E-state index is 12.7. The molecule has 0 N–H and O–H groups in total. The Bertz CT molecular complexity index is 779. The zero-order chi connectivity index (χ0) is 18.0. The number of fused-ring (bicyclic) bond motifs is 1. The highest BCUT2D eigenvalue weighted by atomic mass is 16.5. The van der Waals surface area contributed by atoms with Gasteiger partial charge in [0.25, 0.3) is 5.91 Å². The monoisotopic (exact) mass is 340 g/mol. The molecule has 5 nitrogen and oxygen atoms in total. The Morgan fingerprint density at radius 2 is 1.80 bits per heavy atom. The minimum atomic E-state index is -0.816. The van der Waals surface area contributed by atoms with E-state index in [0.717, 1.165) is 30.2 Å². The summed E-state index contributed by atoms with van der Waals surface area (Å²) in [5.74, 6) is -0.697. The largest absolute Gasteiger partial charge is 0.448 e. The van der Waals surface area contributed by atoms with Crippen LogP contribution in [0.4, 0.5) is 0 Å². The molecule has 1 aliphatic rings. The van der Waals surface area contributed by atoms with Crippen LogP contribution in [-0.4, -0.2) is 39.9 Å². The highest BCUT2D eigenvalue weighted by molar-refractivity contribution is 5.93. The lowest BCUT2D eigenvalue weighted by Gasteiger charge is -2.40. The molecule has 0 radical (unpaired) electrons. The number of hydrogen-bond acceptors (Lipinski definition) is 4. The van der Waals surface area contributed by atoms with Gasteiger partial charge >= 0.3 is 5.97 Å². The number of likely N-dealkylation sites (tertiary alicyclic amines) is 1. The van der Waals surface area contributed by atoms with Crippen molar-refractivity contribution >= 4 is 22.8 Å². The number of esters is 1. The van der Waals surface area contributed by atoms with Crippen LogP contribution in [0.25, 0.3) is 10.9 Å². The Labute approximate surface area is 148 Å². The van der Waals surface area contributed by atoms with E-state index in [4.69, 9.17) is 4.74 Å². The van der Waals surface area contributed by atoms with Gasteiger partial charge in [0.05, 0.1) is 5.52 Å². The summed E-state index contributed by atoms with van der Waals surface area (Å²) < 4.78 is 5.40. The second kappa shape index (κ2) is 7.21. The molecule has 1 saturated heterocycles. The van der Waals surface area contributed by atoms with Crippen molar-refractivity contribution in [3.05, 3.63) is 42.1 Å². The first-order valence-corrected chi connectivity index (χ1v) is 8.86. The molecule has 3 atom stereocenters. The van der Waals surface area contributed by atoms with Gasteiger partial charge in [0.15, 0.2) is 6.10 Å². The molecule has 0 saturated carbocycles. The Balaban J connectivity index is 1.71. The van der Waals surface area contributed by atoms with E-state index in [0.29, 0.717) is 0 Å². The molecule has 0 bridgehead atoms. The van der Waals surface area contributed by atoms with Gasteiger partial charge in [0.2, 0.25) is 0 Å². The number of carbonyl (C=O) groups excluding carboxylic acids is 2.